The summed E-state index contributed by atoms with van der Waals surface area (Å²) < 4.78 is 10.6. The summed E-state index contributed by atoms with van der Waals surface area (Å²) in [5, 5.41) is 0. The van der Waals surface area contributed by atoms with Crippen LogP contribution >= 0.6 is 0 Å². The fourth-order valence-corrected chi connectivity index (χ4v) is 1.44. The van der Waals surface area contributed by atoms with Crippen LogP contribution in [0.2, 0.25) is 0 Å². The normalized spacial score (nSPS) is 26.0. The Balaban J connectivity index is 2.22. The summed E-state index contributed by atoms with van der Waals surface area (Å²) in [4.78, 5) is 0. The van der Waals surface area contributed by atoms with Gasteiger partial charge in [0.15, 0.2) is 0 Å². The summed E-state index contributed by atoms with van der Waals surface area (Å²) in [6.45, 7) is 5.07. The second-order valence-electron chi connectivity index (χ2n) is 3.06. The molecule has 1 aliphatic heterocycles. The van der Waals surface area contributed by atoms with Gasteiger partial charge >= 0.3 is 0 Å². The van der Waals surface area contributed by atoms with E-state index in [9.17, 15) is 0 Å². The van der Waals surface area contributed by atoms with Gasteiger partial charge in [0.25, 0.3) is 0 Å². The van der Waals surface area contributed by atoms with Crippen LogP contribution in [0.25, 0.3) is 0 Å². The highest BCUT2D eigenvalue weighted by molar-refractivity contribution is 4.77. The molecule has 0 aliphatic carbocycles. The SMILES string of the molecule is CCOCC(NN)C1CCOC1. The molecule has 4 nitrogen and oxygen atoms in total. The molecule has 0 aromatic heterocycles. The maximum atomic E-state index is 5.41. The molecule has 0 bridgehead atoms. The van der Waals surface area contributed by atoms with Crippen LogP contribution in [0.4, 0.5) is 0 Å². The Morgan fingerprint density at radius 3 is 3.08 bits per heavy atom. The van der Waals surface area contributed by atoms with Crippen molar-refractivity contribution in [2.45, 2.75) is 19.4 Å². The molecule has 1 aliphatic rings. The minimum Gasteiger partial charge on any atom is -0.381 e. The Morgan fingerprint density at radius 1 is 1.75 bits per heavy atom. The van der Waals surface area contributed by atoms with Crippen molar-refractivity contribution in [3.05, 3.63) is 0 Å². The zero-order valence-corrected chi connectivity index (χ0v) is 7.58. The molecule has 2 atom stereocenters. The standard InChI is InChI=1S/C8H18N2O2/c1-2-11-6-8(10-9)7-3-4-12-5-7/h7-8,10H,2-6,9H2,1H3. The molecule has 0 amide bonds. The summed E-state index contributed by atoms with van der Waals surface area (Å²) in [6.07, 6.45) is 1.09. The maximum absolute atomic E-state index is 5.41. The van der Waals surface area contributed by atoms with E-state index in [2.05, 4.69) is 5.43 Å². The van der Waals surface area contributed by atoms with Gasteiger partial charge in [-0.1, -0.05) is 0 Å². The largest absolute Gasteiger partial charge is 0.381 e. The van der Waals surface area contributed by atoms with Gasteiger partial charge in [0.1, 0.15) is 0 Å². The lowest BCUT2D eigenvalue weighted by Crippen LogP contribution is -2.44. The Morgan fingerprint density at radius 2 is 2.58 bits per heavy atom. The first kappa shape index (κ1) is 9.92. The summed E-state index contributed by atoms with van der Waals surface area (Å²) in [5.74, 6) is 5.92. The van der Waals surface area contributed by atoms with Crippen LogP contribution in [-0.4, -0.2) is 32.5 Å². The van der Waals surface area contributed by atoms with Crippen molar-refractivity contribution in [2.24, 2.45) is 11.8 Å². The lowest BCUT2D eigenvalue weighted by molar-refractivity contribution is 0.0957. The van der Waals surface area contributed by atoms with Gasteiger partial charge in [-0.25, -0.2) is 0 Å². The van der Waals surface area contributed by atoms with E-state index in [1.165, 1.54) is 0 Å². The number of nitrogens with one attached hydrogen (secondary N) is 1. The fraction of sp³-hybridized carbons (Fsp3) is 1.00. The molecule has 0 aromatic rings. The predicted molar refractivity (Wildman–Crippen MR) is 46.5 cm³/mol. The van der Waals surface area contributed by atoms with Crippen LogP contribution in [0.3, 0.4) is 0 Å². The molecule has 1 saturated heterocycles. The Kier molecular flexibility index (Phi) is 4.53. The molecule has 1 heterocycles. The van der Waals surface area contributed by atoms with E-state index < -0.39 is 0 Å². The number of rotatable bonds is 5. The van der Waals surface area contributed by atoms with Gasteiger partial charge in [-0.2, -0.15) is 0 Å². The Labute approximate surface area is 73.4 Å². The molecule has 2 unspecified atom stereocenters. The van der Waals surface area contributed by atoms with Crippen molar-refractivity contribution < 1.29 is 9.47 Å². The van der Waals surface area contributed by atoms with Gasteiger partial charge < -0.3 is 9.47 Å². The lowest BCUT2D eigenvalue weighted by atomic mass is 10.0. The van der Waals surface area contributed by atoms with Crippen molar-refractivity contribution >= 4 is 0 Å². The first-order chi connectivity index (χ1) is 5.88. The number of hydrogen-bond donors (Lipinski definition) is 2. The molecule has 12 heavy (non-hydrogen) atoms. The van der Waals surface area contributed by atoms with E-state index in [1.807, 2.05) is 6.92 Å². The van der Waals surface area contributed by atoms with Gasteiger partial charge in [0, 0.05) is 25.2 Å². The molecule has 0 saturated carbocycles. The maximum Gasteiger partial charge on any atom is 0.0636 e. The highest BCUT2D eigenvalue weighted by Gasteiger charge is 2.24. The van der Waals surface area contributed by atoms with Crippen LogP contribution in [0.1, 0.15) is 13.3 Å². The van der Waals surface area contributed by atoms with Crippen LogP contribution in [-0.2, 0) is 9.47 Å². The Hall–Kier alpha value is -0.160. The number of hydrazine groups is 1. The van der Waals surface area contributed by atoms with E-state index >= 15 is 0 Å². The topological polar surface area (TPSA) is 56.5 Å². The molecular weight excluding hydrogens is 156 g/mol. The van der Waals surface area contributed by atoms with Crippen molar-refractivity contribution in [3.8, 4) is 0 Å². The van der Waals surface area contributed by atoms with Gasteiger partial charge in [0.2, 0.25) is 0 Å². The third-order valence-electron chi connectivity index (χ3n) is 2.25. The summed E-state index contributed by atoms with van der Waals surface area (Å²) in [7, 11) is 0. The molecule has 72 valence electrons. The van der Waals surface area contributed by atoms with Gasteiger partial charge in [-0.05, 0) is 13.3 Å². The zero-order chi connectivity index (χ0) is 8.81. The minimum absolute atomic E-state index is 0.243. The predicted octanol–water partition coefficient (Wildman–Crippen LogP) is -0.109. The van der Waals surface area contributed by atoms with Crippen LogP contribution in [0.15, 0.2) is 0 Å². The van der Waals surface area contributed by atoms with E-state index in [0.29, 0.717) is 12.5 Å². The third kappa shape index (κ3) is 2.71. The summed E-state index contributed by atoms with van der Waals surface area (Å²) in [6, 6.07) is 0.243. The Bertz CT molecular complexity index is 116. The number of nitrogens with two attached hydrogens (primary N) is 1. The molecule has 1 rings (SSSR count). The van der Waals surface area contributed by atoms with Crippen molar-refractivity contribution in [1.82, 2.24) is 5.43 Å². The smallest absolute Gasteiger partial charge is 0.0636 e. The molecule has 0 spiro atoms. The van der Waals surface area contributed by atoms with Gasteiger partial charge in [0.05, 0.1) is 13.2 Å². The first-order valence-corrected chi connectivity index (χ1v) is 4.50. The van der Waals surface area contributed by atoms with Crippen molar-refractivity contribution in [2.75, 3.05) is 26.4 Å². The quantitative estimate of drug-likeness (QED) is 0.451. The van der Waals surface area contributed by atoms with Gasteiger partial charge in [-0.15, -0.1) is 0 Å². The summed E-state index contributed by atoms with van der Waals surface area (Å²) in [5.41, 5.74) is 2.77. The average molecular weight is 174 g/mol. The van der Waals surface area contributed by atoms with Crippen molar-refractivity contribution in [1.29, 1.82) is 0 Å². The number of hydrogen-bond acceptors (Lipinski definition) is 4. The molecule has 0 aromatic carbocycles. The molecule has 4 heteroatoms. The highest BCUT2D eigenvalue weighted by atomic mass is 16.5. The second kappa shape index (κ2) is 5.48. The fourth-order valence-electron chi connectivity index (χ4n) is 1.44. The second-order valence-corrected chi connectivity index (χ2v) is 3.06. The van der Waals surface area contributed by atoms with E-state index in [4.69, 9.17) is 15.3 Å². The summed E-state index contributed by atoms with van der Waals surface area (Å²) >= 11 is 0. The molecule has 0 radical (unpaired) electrons. The van der Waals surface area contributed by atoms with Crippen LogP contribution < -0.4 is 11.3 Å². The van der Waals surface area contributed by atoms with E-state index in [-0.39, 0.29) is 6.04 Å². The first-order valence-electron chi connectivity index (χ1n) is 4.50. The minimum atomic E-state index is 0.243. The van der Waals surface area contributed by atoms with Crippen LogP contribution in [0.5, 0.6) is 0 Å². The number of ether oxygens (including phenoxy) is 2. The average Bonchev–Trinajstić information content (AvgIpc) is 2.59. The van der Waals surface area contributed by atoms with Crippen LogP contribution in [0, 0.1) is 5.92 Å². The monoisotopic (exact) mass is 174 g/mol. The lowest BCUT2D eigenvalue weighted by Gasteiger charge is -2.20. The molecule has 3 N–H and O–H groups in total. The third-order valence-corrected chi connectivity index (χ3v) is 2.25. The van der Waals surface area contributed by atoms with E-state index in [0.717, 1.165) is 26.2 Å². The molecule has 1 fully saturated rings. The van der Waals surface area contributed by atoms with Gasteiger partial charge in [-0.3, -0.25) is 11.3 Å². The zero-order valence-electron chi connectivity index (χ0n) is 7.58. The highest BCUT2D eigenvalue weighted by Crippen LogP contribution is 2.16. The van der Waals surface area contributed by atoms with E-state index in [1.54, 1.807) is 0 Å². The molecular formula is C8H18N2O2. The van der Waals surface area contributed by atoms with Crippen molar-refractivity contribution in [3.63, 3.8) is 0 Å².